The van der Waals surface area contributed by atoms with Crippen LogP contribution in [0.1, 0.15) is 18.4 Å². The number of rotatable bonds is 7. The number of aryl methyl sites for hydroxylation is 1. The third-order valence-corrected chi connectivity index (χ3v) is 3.91. The molecule has 5 heteroatoms. The molecule has 0 fully saturated rings. The number of halogens is 2. The Morgan fingerprint density at radius 2 is 1.94 bits per heavy atom. The van der Waals surface area contributed by atoms with Gasteiger partial charge in [0.25, 0.3) is 0 Å². The number of methoxy groups -OCH3 is 1. The fourth-order valence-corrected chi connectivity index (χ4v) is 3.45. The molecule has 0 saturated heterocycles. The van der Waals surface area contributed by atoms with Crippen LogP contribution in [0.15, 0.2) is 21.1 Å². The van der Waals surface area contributed by atoms with Gasteiger partial charge < -0.3 is 15.8 Å². The van der Waals surface area contributed by atoms with Crippen LogP contribution >= 0.6 is 31.9 Å². The first-order valence-corrected chi connectivity index (χ1v) is 7.58. The second kappa shape index (κ2) is 8.15. The van der Waals surface area contributed by atoms with Crippen molar-refractivity contribution in [3.63, 3.8) is 0 Å². The Kier molecular flexibility index (Phi) is 7.22. The molecule has 0 aromatic heterocycles. The first-order valence-electron chi connectivity index (χ1n) is 5.99. The minimum atomic E-state index is 0.272. The lowest BCUT2D eigenvalue weighted by atomic mass is 10.1. The second-order valence-corrected chi connectivity index (χ2v) is 6.04. The number of hydrogen-bond donors (Lipinski definition) is 2. The predicted octanol–water partition coefficient (Wildman–Crippen LogP) is 3.69. The van der Waals surface area contributed by atoms with Gasteiger partial charge >= 0.3 is 0 Å². The molecule has 1 rings (SSSR count). The number of anilines is 1. The van der Waals surface area contributed by atoms with E-state index in [1.807, 2.05) is 0 Å². The van der Waals surface area contributed by atoms with Gasteiger partial charge in [0.15, 0.2) is 0 Å². The highest BCUT2D eigenvalue weighted by atomic mass is 79.9. The fraction of sp³-hybridized carbons (Fsp3) is 0.538. The molecule has 1 aromatic carbocycles. The van der Waals surface area contributed by atoms with E-state index in [9.17, 15) is 0 Å². The maximum Gasteiger partial charge on any atom is 0.0664 e. The lowest BCUT2D eigenvalue weighted by Crippen LogP contribution is -2.26. The Bertz CT molecular complexity index is 362. The van der Waals surface area contributed by atoms with Gasteiger partial charge in [-0.2, -0.15) is 0 Å². The molecule has 0 heterocycles. The zero-order valence-electron chi connectivity index (χ0n) is 10.8. The Morgan fingerprint density at radius 3 is 2.44 bits per heavy atom. The minimum absolute atomic E-state index is 0.272. The van der Waals surface area contributed by atoms with Gasteiger partial charge in [0.1, 0.15) is 0 Å². The third kappa shape index (κ3) is 4.88. The predicted molar refractivity (Wildman–Crippen MR) is 84.2 cm³/mol. The summed E-state index contributed by atoms with van der Waals surface area (Å²) in [7, 11) is 1.72. The number of ether oxygens (including phenoxy) is 1. The average molecular weight is 380 g/mol. The zero-order chi connectivity index (χ0) is 13.5. The van der Waals surface area contributed by atoms with E-state index in [0.29, 0.717) is 13.2 Å². The maximum atomic E-state index is 5.56. The normalized spacial score (nSPS) is 12.5. The fourth-order valence-electron chi connectivity index (χ4n) is 1.80. The van der Waals surface area contributed by atoms with Gasteiger partial charge in [0, 0.05) is 22.1 Å². The summed E-state index contributed by atoms with van der Waals surface area (Å²) in [4.78, 5) is 0. The van der Waals surface area contributed by atoms with Crippen molar-refractivity contribution in [1.29, 1.82) is 0 Å². The smallest absolute Gasteiger partial charge is 0.0664 e. The molecule has 0 aliphatic heterocycles. The van der Waals surface area contributed by atoms with Gasteiger partial charge in [0.05, 0.1) is 12.3 Å². The summed E-state index contributed by atoms with van der Waals surface area (Å²) in [6.07, 6.45) is 1.99. The number of hydrogen-bond acceptors (Lipinski definition) is 3. The summed E-state index contributed by atoms with van der Waals surface area (Å²) in [5.41, 5.74) is 7.84. The minimum Gasteiger partial charge on any atom is -0.383 e. The van der Waals surface area contributed by atoms with Crippen LogP contribution in [0, 0.1) is 6.92 Å². The summed E-state index contributed by atoms with van der Waals surface area (Å²) >= 11 is 7.18. The van der Waals surface area contributed by atoms with Gasteiger partial charge in [-0.3, -0.25) is 0 Å². The van der Waals surface area contributed by atoms with Gasteiger partial charge in [-0.1, -0.05) is 0 Å². The van der Waals surface area contributed by atoms with Crippen molar-refractivity contribution in [2.24, 2.45) is 5.73 Å². The molecular formula is C13H20Br2N2O. The number of benzene rings is 1. The van der Waals surface area contributed by atoms with Gasteiger partial charge in [-0.15, -0.1) is 0 Å². The van der Waals surface area contributed by atoms with Crippen LogP contribution in [0.5, 0.6) is 0 Å². The molecule has 0 radical (unpaired) electrons. The monoisotopic (exact) mass is 378 g/mol. The highest BCUT2D eigenvalue weighted by Crippen LogP contribution is 2.33. The lowest BCUT2D eigenvalue weighted by Gasteiger charge is -2.21. The highest BCUT2D eigenvalue weighted by Gasteiger charge is 2.12. The van der Waals surface area contributed by atoms with E-state index in [0.717, 1.165) is 27.5 Å². The molecule has 0 amide bonds. The molecule has 3 nitrogen and oxygen atoms in total. The zero-order valence-corrected chi connectivity index (χ0v) is 14.0. The van der Waals surface area contributed by atoms with Crippen molar-refractivity contribution >= 4 is 37.5 Å². The molecule has 0 bridgehead atoms. The molecule has 0 saturated carbocycles. The van der Waals surface area contributed by atoms with Crippen LogP contribution in [0.25, 0.3) is 0 Å². The topological polar surface area (TPSA) is 47.3 Å². The average Bonchev–Trinajstić information content (AvgIpc) is 2.30. The van der Waals surface area contributed by atoms with Gasteiger partial charge in [-0.05, 0) is 75.9 Å². The van der Waals surface area contributed by atoms with Crippen LogP contribution in [0.2, 0.25) is 0 Å². The molecule has 1 atom stereocenters. The maximum absolute atomic E-state index is 5.56. The summed E-state index contributed by atoms with van der Waals surface area (Å²) in [5, 5.41) is 3.50. The molecule has 1 aromatic rings. The van der Waals surface area contributed by atoms with E-state index in [2.05, 4.69) is 56.2 Å². The Labute approximate surface area is 126 Å². The largest absolute Gasteiger partial charge is 0.383 e. The summed E-state index contributed by atoms with van der Waals surface area (Å²) in [6.45, 7) is 3.45. The Morgan fingerprint density at radius 1 is 1.33 bits per heavy atom. The SMILES string of the molecule is COCC(CCCN)Nc1c(Br)cc(C)cc1Br. The first kappa shape index (κ1) is 16.0. The molecule has 0 aliphatic rings. The molecule has 0 spiro atoms. The molecule has 0 aliphatic carbocycles. The van der Waals surface area contributed by atoms with Crippen LogP contribution in [-0.4, -0.2) is 26.3 Å². The summed E-state index contributed by atoms with van der Waals surface area (Å²) in [5.74, 6) is 0. The Balaban J connectivity index is 2.79. The quantitative estimate of drug-likeness (QED) is 0.759. The van der Waals surface area contributed by atoms with Crippen molar-refractivity contribution in [2.45, 2.75) is 25.8 Å². The van der Waals surface area contributed by atoms with E-state index >= 15 is 0 Å². The van der Waals surface area contributed by atoms with E-state index in [1.54, 1.807) is 7.11 Å². The van der Waals surface area contributed by atoms with Crippen LogP contribution in [-0.2, 0) is 4.74 Å². The van der Waals surface area contributed by atoms with Crippen molar-refractivity contribution < 1.29 is 4.74 Å². The van der Waals surface area contributed by atoms with E-state index in [-0.39, 0.29) is 6.04 Å². The molecular weight excluding hydrogens is 360 g/mol. The number of nitrogens with one attached hydrogen (secondary N) is 1. The molecule has 102 valence electrons. The van der Waals surface area contributed by atoms with E-state index in [4.69, 9.17) is 10.5 Å². The summed E-state index contributed by atoms with van der Waals surface area (Å²) in [6, 6.07) is 4.47. The Hall–Kier alpha value is -0.100. The van der Waals surface area contributed by atoms with Crippen LogP contribution < -0.4 is 11.1 Å². The summed E-state index contributed by atoms with van der Waals surface area (Å²) < 4.78 is 7.36. The van der Waals surface area contributed by atoms with Crippen molar-refractivity contribution in [1.82, 2.24) is 0 Å². The molecule has 18 heavy (non-hydrogen) atoms. The van der Waals surface area contributed by atoms with Gasteiger partial charge in [0.2, 0.25) is 0 Å². The van der Waals surface area contributed by atoms with Crippen LogP contribution in [0.4, 0.5) is 5.69 Å². The second-order valence-electron chi connectivity index (χ2n) is 4.33. The third-order valence-electron chi connectivity index (χ3n) is 2.66. The van der Waals surface area contributed by atoms with Crippen molar-refractivity contribution in [3.05, 3.63) is 26.6 Å². The van der Waals surface area contributed by atoms with Gasteiger partial charge in [-0.25, -0.2) is 0 Å². The standard InChI is InChI=1S/C13H20Br2N2O/c1-9-6-11(14)13(12(15)7-9)17-10(8-18-2)4-3-5-16/h6-7,10,17H,3-5,8,16H2,1-2H3. The van der Waals surface area contributed by atoms with Crippen molar-refractivity contribution in [2.75, 3.05) is 25.6 Å². The number of nitrogens with two attached hydrogens (primary N) is 1. The molecule has 3 N–H and O–H groups in total. The first-order chi connectivity index (χ1) is 8.58. The van der Waals surface area contributed by atoms with Crippen molar-refractivity contribution in [3.8, 4) is 0 Å². The van der Waals surface area contributed by atoms with Crippen LogP contribution in [0.3, 0.4) is 0 Å². The lowest BCUT2D eigenvalue weighted by molar-refractivity contribution is 0.182. The van der Waals surface area contributed by atoms with E-state index in [1.165, 1.54) is 5.56 Å². The van der Waals surface area contributed by atoms with E-state index < -0.39 is 0 Å². The molecule has 1 unspecified atom stereocenters. The highest BCUT2D eigenvalue weighted by molar-refractivity contribution is 9.11.